The number of rotatable bonds is 4. The minimum Gasteiger partial charge on any atom is -0.496 e. The molecule has 0 saturated carbocycles. The highest BCUT2D eigenvalue weighted by molar-refractivity contribution is 5.85. The number of fused-ring (bicyclic) bond motifs is 2. The summed E-state index contributed by atoms with van der Waals surface area (Å²) in [4.78, 5) is 25.7. The molecule has 1 aliphatic rings. The van der Waals surface area contributed by atoms with Crippen LogP contribution in [-0.2, 0) is 16.0 Å². The molecule has 8 heteroatoms. The van der Waals surface area contributed by atoms with E-state index in [1.807, 2.05) is 36.4 Å². The van der Waals surface area contributed by atoms with E-state index in [-0.39, 0.29) is 17.4 Å². The van der Waals surface area contributed by atoms with Gasteiger partial charge in [0, 0.05) is 22.9 Å². The van der Waals surface area contributed by atoms with Crippen molar-refractivity contribution in [2.45, 2.75) is 12.8 Å². The molecule has 32 heavy (non-hydrogen) atoms. The lowest BCUT2D eigenvalue weighted by Crippen LogP contribution is -2.26. The summed E-state index contributed by atoms with van der Waals surface area (Å²) in [6.07, 6.45) is -0.352. The quantitative estimate of drug-likeness (QED) is 0.529. The fraction of sp³-hybridized carbons (Fsp3) is 0.250. The first-order valence-corrected chi connectivity index (χ1v) is 10.2. The fourth-order valence-corrected chi connectivity index (χ4v) is 3.66. The molecule has 0 bridgehead atoms. The van der Waals surface area contributed by atoms with Gasteiger partial charge in [0.2, 0.25) is 5.56 Å². The molecule has 5 rings (SSSR count). The van der Waals surface area contributed by atoms with Crippen LogP contribution in [0.5, 0.6) is 11.5 Å². The predicted molar refractivity (Wildman–Crippen MR) is 122 cm³/mol. The van der Waals surface area contributed by atoms with Crippen molar-refractivity contribution in [3.8, 4) is 11.5 Å². The van der Waals surface area contributed by atoms with E-state index in [9.17, 15) is 9.59 Å². The maximum atomic E-state index is 12.0. The van der Waals surface area contributed by atoms with Gasteiger partial charge in [-0.15, -0.1) is 0 Å². The van der Waals surface area contributed by atoms with Crippen molar-refractivity contribution in [3.05, 3.63) is 81.4 Å². The minimum atomic E-state index is -0.352. The Morgan fingerprint density at radius 2 is 1.53 bits per heavy atom. The van der Waals surface area contributed by atoms with Crippen LogP contribution in [0.4, 0.5) is 0 Å². The monoisotopic (exact) mass is 436 g/mol. The number of hydrogen-bond donors (Lipinski definition) is 1. The second kappa shape index (κ2) is 9.67. The third-order valence-corrected chi connectivity index (χ3v) is 5.18. The van der Waals surface area contributed by atoms with Crippen LogP contribution in [0.3, 0.4) is 0 Å². The number of nitrogens with zero attached hydrogens (tertiary/aromatic N) is 1. The molecule has 8 nitrogen and oxygen atoms in total. The Morgan fingerprint density at radius 1 is 0.875 bits per heavy atom. The topological polar surface area (TPSA) is 91.8 Å². The molecule has 2 aromatic heterocycles. The van der Waals surface area contributed by atoms with Gasteiger partial charge in [-0.25, -0.2) is 0 Å². The van der Waals surface area contributed by atoms with Crippen molar-refractivity contribution >= 4 is 21.8 Å². The summed E-state index contributed by atoms with van der Waals surface area (Å²) in [5, 5.41) is 1.83. The van der Waals surface area contributed by atoms with Crippen molar-refractivity contribution in [1.29, 1.82) is 0 Å². The zero-order valence-electron chi connectivity index (χ0n) is 17.9. The number of pyridine rings is 2. The molecule has 1 aliphatic heterocycles. The number of aromatic amines is 1. The summed E-state index contributed by atoms with van der Waals surface area (Å²) in [7, 11) is 3.23. The van der Waals surface area contributed by atoms with Gasteiger partial charge in [-0.2, -0.15) is 0 Å². The van der Waals surface area contributed by atoms with E-state index in [1.54, 1.807) is 37.0 Å². The molecule has 0 spiro atoms. The molecule has 1 N–H and O–H groups in total. The average Bonchev–Trinajstić information content (AvgIpc) is 3.33. The summed E-state index contributed by atoms with van der Waals surface area (Å²) in [5.74, 6) is 1.52. The Morgan fingerprint density at radius 3 is 2.25 bits per heavy atom. The number of hydrogen-bond acceptors (Lipinski definition) is 6. The van der Waals surface area contributed by atoms with Gasteiger partial charge in [0.1, 0.15) is 11.5 Å². The number of H-pyrrole nitrogens is 1. The zero-order chi connectivity index (χ0) is 22.5. The summed E-state index contributed by atoms with van der Waals surface area (Å²) < 4.78 is 22.9. The molecule has 1 fully saturated rings. The maximum Gasteiger partial charge on any atom is 0.251 e. The van der Waals surface area contributed by atoms with Gasteiger partial charge in [0.15, 0.2) is 6.29 Å². The Labute approximate surface area is 183 Å². The van der Waals surface area contributed by atoms with Crippen molar-refractivity contribution in [3.63, 3.8) is 0 Å². The minimum absolute atomic E-state index is 0.0696. The number of nitrogens with one attached hydrogen (secondary N) is 1. The lowest BCUT2D eigenvalue weighted by atomic mass is 10.2. The van der Waals surface area contributed by atoms with Crippen LogP contribution >= 0.6 is 0 Å². The number of benzene rings is 2. The molecule has 2 aromatic carbocycles. The van der Waals surface area contributed by atoms with Crippen molar-refractivity contribution in [2.24, 2.45) is 0 Å². The predicted octanol–water partition coefficient (Wildman–Crippen LogP) is 2.92. The van der Waals surface area contributed by atoms with Crippen LogP contribution in [0.2, 0.25) is 0 Å². The molecule has 0 amide bonds. The van der Waals surface area contributed by atoms with Crippen molar-refractivity contribution in [2.75, 3.05) is 27.4 Å². The largest absolute Gasteiger partial charge is 0.496 e. The highest BCUT2D eigenvalue weighted by Crippen LogP contribution is 2.24. The summed E-state index contributed by atoms with van der Waals surface area (Å²) in [6, 6.07) is 17.8. The van der Waals surface area contributed by atoms with Gasteiger partial charge < -0.3 is 28.5 Å². The van der Waals surface area contributed by atoms with E-state index in [0.717, 1.165) is 33.3 Å². The normalized spacial score (nSPS) is 13.7. The number of ether oxygens (including phenoxy) is 4. The molecule has 1 saturated heterocycles. The first kappa shape index (κ1) is 21.6. The van der Waals surface area contributed by atoms with E-state index in [0.29, 0.717) is 19.8 Å². The second-order valence-electron chi connectivity index (χ2n) is 7.09. The molecule has 0 unspecified atom stereocenters. The highest BCUT2D eigenvalue weighted by Gasteiger charge is 2.18. The first-order valence-electron chi connectivity index (χ1n) is 10.2. The maximum absolute atomic E-state index is 12.0. The third kappa shape index (κ3) is 4.51. The molecule has 0 atom stereocenters. The Bertz CT molecular complexity index is 1340. The molecule has 3 heterocycles. The second-order valence-corrected chi connectivity index (χ2v) is 7.09. The summed E-state index contributed by atoms with van der Waals surface area (Å²) >= 11 is 0. The summed E-state index contributed by atoms with van der Waals surface area (Å²) in [6.45, 7) is 1.55. The molecular weight excluding hydrogens is 412 g/mol. The van der Waals surface area contributed by atoms with E-state index in [1.165, 1.54) is 6.07 Å². The molecule has 0 radical (unpaired) electrons. The van der Waals surface area contributed by atoms with E-state index >= 15 is 0 Å². The first-order chi connectivity index (χ1) is 15.6. The fourth-order valence-electron chi connectivity index (χ4n) is 3.66. The molecule has 166 valence electrons. The van der Waals surface area contributed by atoms with Gasteiger partial charge in [0.25, 0.3) is 5.56 Å². The third-order valence-electron chi connectivity index (χ3n) is 5.18. The lowest BCUT2D eigenvalue weighted by molar-refractivity contribution is -0.0522. The smallest absolute Gasteiger partial charge is 0.251 e. The van der Waals surface area contributed by atoms with E-state index in [2.05, 4.69) is 4.98 Å². The Kier molecular flexibility index (Phi) is 6.53. The van der Waals surface area contributed by atoms with Gasteiger partial charge in [-0.05, 0) is 36.4 Å². The van der Waals surface area contributed by atoms with Crippen LogP contribution < -0.4 is 20.6 Å². The molecule has 0 aliphatic carbocycles. The van der Waals surface area contributed by atoms with Gasteiger partial charge in [0.05, 0.1) is 45.0 Å². The Hall–Kier alpha value is -3.62. The van der Waals surface area contributed by atoms with Crippen LogP contribution in [-0.4, -0.2) is 43.3 Å². The van der Waals surface area contributed by atoms with Crippen LogP contribution in [0.15, 0.2) is 70.3 Å². The Balaban J connectivity index is 0.000000165. The van der Waals surface area contributed by atoms with Crippen LogP contribution in [0, 0.1) is 0 Å². The lowest BCUT2D eigenvalue weighted by Gasteiger charge is -2.15. The average molecular weight is 436 g/mol. The van der Waals surface area contributed by atoms with Crippen molar-refractivity contribution < 1.29 is 18.9 Å². The SMILES string of the molecule is COc1cccc2[nH]c(=O)ccc12.COc1cccc2c1ccc(=O)n2CC1OCCO1. The van der Waals surface area contributed by atoms with Crippen molar-refractivity contribution in [1.82, 2.24) is 9.55 Å². The van der Waals surface area contributed by atoms with E-state index in [4.69, 9.17) is 18.9 Å². The number of aromatic nitrogens is 2. The molecule has 4 aromatic rings. The van der Waals surface area contributed by atoms with Gasteiger partial charge >= 0.3 is 0 Å². The van der Waals surface area contributed by atoms with Crippen LogP contribution in [0.25, 0.3) is 21.8 Å². The van der Waals surface area contributed by atoms with Crippen LogP contribution in [0.1, 0.15) is 0 Å². The summed E-state index contributed by atoms with van der Waals surface area (Å²) in [5.41, 5.74) is 1.46. The van der Waals surface area contributed by atoms with Gasteiger partial charge in [-0.1, -0.05) is 12.1 Å². The zero-order valence-corrected chi connectivity index (χ0v) is 17.9. The standard InChI is InChI=1S/C14H15NO4.C10H9NO2/c1-17-12-4-2-3-11-10(12)5-6-13(16)15(11)9-14-18-7-8-19-14;1-13-9-4-2-3-8-7(9)5-6-10(12)11-8/h2-6,14H,7-9H2,1H3;2-6H,1H3,(H,11,12). The highest BCUT2D eigenvalue weighted by atomic mass is 16.7. The van der Waals surface area contributed by atoms with Gasteiger partial charge in [-0.3, -0.25) is 9.59 Å². The molecular formula is C24H24N2O6. The van der Waals surface area contributed by atoms with E-state index < -0.39 is 0 Å². The number of methoxy groups -OCH3 is 2.